The molecule has 0 radical (unpaired) electrons. The normalized spacial score (nSPS) is 22.5. The minimum absolute atomic E-state index is 0.0122. The lowest BCUT2D eigenvalue weighted by molar-refractivity contribution is -0.384. The molecule has 0 aromatic heterocycles. The van der Waals surface area contributed by atoms with Crippen LogP contribution in [0.3, 0.4) is 0 Å². The topological polar surface area (TPSA) is 183 Å². The smallest absolute Gasteiger partial charge is 0.269 e. The SMILES string of the molecule is C=CCO[C@@]12Oc3ccc(Oc4ccc5ccccc5c4)cc3[C@H]3[C@H](CCCCO)[C@@H](CCCCO)C=C(C(=NOC(C)(C)C)C[C@@H]1N(CCOCCO)C(=O)C=Cc1ccc([N+](=O)[O-])cc1)[C@H]32. The maximum Gasteiger partial charge on any atom is 0.269 e. The molecule has 1 fully saturated rings. The molecule has 1 saturated carbocycles. The van der Waals surface area contributed by atoms with Crippen molar-refractivity contribution in [2.24, 2.45) is 22.9 Å². The van der Waals surface area contributed by atoms with Gasteiger partial charge in [0.05, 0.1) is 43.0 Å². The molecule has 1 aliphatic heterocycles. The van der Waals surface area contributed by atoms with Crippen LogP contribution in [-0.4, -0.2) is 100 Å². The molecule has 14 heteroatoms. The number of oxime groups is 1. The van der Waals surface area contributed by atoms with Crippen LogP contribution in [0.15, 0.2) is 120 Å². The first kappa shape index (κ1) is 50.0. The van der Waals surface area contributed by atoms with Crippen LogP contribution >= 0.6 is 0 Å². The Morgan fingerprint density at radius 3 is 2.35 bits per heavy atom. The molecule has 68 heavy (non-hydrogen) atoms. The van der Waals surface area contributed by atoms with E-state index in [-0.39, 0.29) is 76.0 Å². The second-order valence-electron chi connectivity index (χ2n) is 18.6. The molecular formula is C54H65N3O11. The number of fused-ring (bicyclic) bond motifs is 3. The number of non-ortho nitro benzene ring substituents is 1. The first-order valence-corrected chi connectivity index (χ1v) is 23.7. The molecule has 362 valence electrons. The van der Waals surface area contributed by atoms with Crippen LogP contribution < -0.4 is 9.47 Å². The van der Waals surface area contributed by atoms with Crippen molar-refractivity contribution in [2.75, 3.05) is 46.2 Å². The highest BCUT2D eigenvalue weighted by atomic mass is 16.7. The monoisotopic (exact) mass is 931 g/mol. The number of nitro groups is 1. The number of allylic oxidation sites excluding steroid dienone is 1. The highest BCUT2D eigenvalue weighted by molar-refractivity contribution is 6.03. The molecule has 0 spiro atoms. The summed E-state index contributed by atoms with van der Waals surface area (Å²) in [6.07, 6.45) is 11.5. The van der Waals surface area contributed by atoms with Gasteiger partial charge in [0, 0.05) is 55.9 Å². The number of nitrogens with zero attached hydrogens (tertiary/aromatic N) is 3. The molecule has 14 nitrogen and oxygen atoms in total. The van der Waals surface area contributed by atoms with Crippen LogP contribution in [0, 0.1) is 27.9 Å². The summed E-state index contributed by atoms with van der Waals surface area (Å²) in [7, 11) is 0. The fourth-order valence-corrected chi connectivity index (χ4v) is 9.99. The quantitative estimate of drug-likeness (QED) is 0.0212. The second kappa shape index (κ2) is 22.9. The Labute approximate surface area is 398 Å². The molecular weight excluding hydrogens is 867 g/mol. The van der Waals surface area contributed by atoms with Crippen molar-refractivity contribution in [1.29, 1.82) is 0 Å². The largest absolute Gasteiger partial charge is 0.459 e. The second-order valence-corrected chi connectivity index (χ2v) is 18.6. The van der Waals surface area contributed by atoms with Crippen molar-refractivity contribution in [3.8, 4) is 17.2 Å². The molecule has 1 heterocycles. The van der Waals surface area contributed by atoms with Crippen molar-refractivity contribution in [3.05, 3.63) is 137 Å². The van der Waals surface area contributed by atoms with E-state index in [1.807, 2.05) is 63.2 Å². The zero-order valence-corrected chi connectivity index (χ0v) is 39.3. The highest BCUT2D eigenvalue weighted by Gasteiger charge is 2.65. The molecule has 3 N–H and O–H groups in total. The Hall–Kier alpha value is -5.90. The lowest BCUT2D eigenvalue weighted by Crippen LogP contribution is -2.70. The minimum Gasteiger partial charge on any atom is -0.459 e. The predicted octanol–water partition coefficient (Wildman–Crippen LogP) is 9.52. The van der Waals surface area contributed by atoms with Gasteiger partial charge in [-0.05, 0) is 129 Å². The molecule has 0 unspecified atom stereocenters. The number of ether oxygens (including phenoxy) is 4. The molecule has 7 rings (SSSR count). The van der Waals surface area contributed by atoms with Crippen molar-refractivity contribution in [1.82, 2.24) is 4.90 Å². The van der Waals surface area contributed by atoms with Crippen molar-refractivity contribution >= 4 is 34.2 Å². The van der Waals surface area contributed by atoms with E-state index in [2.05, 4.69) is 30.9 Å². The number of carbonyl (C=O) groups excluding carboxylic acids is 1. The average Bonchev–Trinajstić information content (AvgIpc) is 3.33. The molecule has 3 aliphatic rings. The van der Waals surface area contributed by atoms with Crippen LogP contribution in [0.4, 0.5) is 5.69 Å². The predicted molar refractivity (Wildman–Crippen MR) is 262 cm³/mol. The Bertz CT molecular complexity index is 2460. The maximum atomic E-state index is 14.9. The van der Waals surface area contributed by atoms with E-state index in [1.165, 1.54) is 18.2 Å². The summed E-state index contributed by atoms with van der Waals surface area (Å²) in [6, 6.07) is 25.1. The number of unbranched alkanes of at least 4 members (excludes halogenated alkanes) is 2. The Kier molecular flexibility index (Phi) is 16.9. The van der Waals surface area contributed by atoms with Gasteiger partial charge >= 0.3 is 0 Å². The average molecular weight is 932 g/mol. The summed E-state index contributed by atoms with van der Waals surface area (Å²) in [5.41, 5.74) is 2.30. The fraction of sp³-hybridized carbons (Fsp3) is 0.444. The lowest BCUT2D eigenvalue weighted by Gasteiger charge is -2.60. The number of nitro benzene ring substituents is 1. The molecule has 2 aliphatic carbocycles. The summed E-state index contributed by atoms with van der Waals surface area (Å²) in [5, 5.41) is 48.1. The van der Waals surface area contributed by atoms with E-state index in [0.717, 1.165) is 47.6 Å². The summed E-state index contributed by atoms with van der Waals surface area (Å²) in [5.74, 6) is -0.889. The number of aliphatic hydroxyl groups excluding tert-OH is 3. The third-order valence-corrected chi connectivity index (χ3v) is 12.9. The van der Waals surface area contributed by atoms with Crippen LogP contribution in [0.2, 0.25) is 0 Å². The summed E-state index contributed by atoms with van der Waals surface area (Å²) in [4.78, 5) is 33.8. The highest BCUT2D eigenvalue weighted by Crippen LogP contribution is 2.62. The molecule has 0 saturated heterocycles. The lowest BCUT2D eigenvalue weighted by atomic mass is 9.55. The number of carbonyl (C=O) groups is 1. The number of amides is 1. The van der Waals surface area contributed by atoms with E-state index < -0.39 is 34.2 Å². The molecule has 4 aromatic carbocycles. The maximum absolute atomic E-state index is 14.9. The van der Waals surface area contributed by atoms with Gasteiger partial charge in [-0.1, -0.05) is 60.5 Å². The summed E-state index contributed by atoms with van der Waals surface area (Å²) in [6.45, 7) is 10.0. The Morgan fingerprint density at radius 2 is 1.65 bits per heavy atom. The van der Waals surface area contributed by atoms with E-state index in [9.17, 15) is 30.2 Å². The number of hydrogen-bond acceptors (Lipinski definition) is 12. The third-order valence-electron chi connectivity index (χ3n) is 12.9. The molecule has 4 aromatic rings. The van der Waals surface area contributed by atoms with E-state index in [4.69, 9.17) is 28.9 Å². The van der Waals surface area contributed by atoms with E-state index >= 15 is 0 Å². The number of benzene rings is 4. The van der Waals surface area contributed by atoms with Gasteiger partial charge < -0.3 is 44.0 Å². The fourth-order valence-electron chi connectivity index (χ4n) is 9.99. The van der Waals surface area contributed by atoms with Crippen LogP contribution in [0.25, 0.3) is 16.8 Å². The van der Waals surface area contributed by atoms with Crippen LogP contribution in [-0.2, 0) is 19.1 Å². The van der Waals surface area contributed by atoms with Gasteiger partial charge in [-0.25, -0.2) is 0 Å². The first-order valence-electron chi connectivity index (χ1n) is 23.7. The minimum atomic E-state index is -1.53. The van der Waals surface area contributed by atoms with Gasteiger partial charge in [-0.2, -0.15) is 0 Å². The Morgan fingerprint density at radius 1 is 0.926 bits per heavy atom. The first-order chi connectivity index (χ1) is 32.9. The third kappa shape index (κ3) is 11.7. The Balaban J connectivity index is 1.43. The van der Waals surface area contributed by atoms with Gasteiger partial charge in [-0.15, -0.1) is 6.58 Å². The van der Waals surface area contributed by atoms with Crippen LogP contribution in [0.1, 0.15) is 82.8 Å². The van der Waals surface area contributed by atoms with Crippen LogP contribution in [0.5, 0.6) is 17.2 Å². The molecule has 6 atom stereocenters. The van der Waals surface area contributed by atoms with Gasteiger partial charge in [0.2, 0.25) is 11.7 Å². The number of rotatable bonds is 23. The molecule has 1 amide bonds. The summed E-state index contributed by atoms with van der Waals surface area (Å²) >= 11 is 0. The zero-order chi connectivity index (χ0) is 48.3. The van der Waals surface area contributed by atoms with E-state index in [0.29, 0.717) is 41.4 Å². The van der Waals surface area contributed by atoms with Crippen molar-refractivity contribution in [2.45, 2.75) is 89.1 Å². The standard InChI is InChI=1S/C54H65N3O11/c1-5-30-65-54-49(56(26-31-64-32-29-60)50(61)25-18-37-16-20-41(21-17-37)57(62)63)36-47(55-68-53(2,3)4)45-34-40(14-8-10-27-58)44(15-9-11-28-59)51(52(45)54)46-35-43(23-24-48(46)67-54)66-42-22-19-38-12-6-7-13-39(38)33-42/h5-7,12-13,16-25,33-35,40,44,49,51-52,58-60H,1,8-11,14-15,26-32,36H2,2-4H3/t40-,44+,49-,51+,52+,54+/m0/s1. The van der Waals surface area contributed by atoms with Crippen molar-refractivity contribution in [3.63, 3.8) is 0 Å². The number of hydrogen-bond donors (Lipinski definition) is 3. The zero-order valence-electron chi connectivity index (χ0n) is 39.3. The van der Waals surface area contributed by atoms with Gasteiger partial charge in [0.25, 0.3) is 5.69 Å². The molecule has 0 bridgehead atoms. The van der Waals surface area contributed by atoms with Crippen molar-refractivity contribution < 1.29 is 48.8 Å². The number of aliphatic hydroxyl groups is 3. The van der Waals surface area contributed by atoms with Gasteiger partial charge in [-0.3, -0.25) is 14.9 Å². The van der Waals surface area contributed by atoms with Gasteiger partial charge in [0.1, 0.15) is 28.9 Å². The van der Waals surface area contributed by atoms with Gasteiger partial charge in [0.15, 0.2) is 0 Å². The summed E-state index contributed by atoms with van der Waals surface area (Å²) < 4.78 is 27.0. The van der Waals surface area contributed by atoms with E-state index in [1.54, 1.807) is 29.2 Å².